The first kappa shape index (κ1) is 30.6. The summed E-state index contributed by atoms with van der Waals surface area (Å²) in [5, 5.41) is 2.75. The second-order valence-electron chi connectivity index (χ2n) is 10.6. The number of hydrogen-bond donors (Lipinski definition) is 0. The van der Waals surface area contributed by atoms with Gasteiger partial charge in [-0.25, -0.2) is 0 Å². The molecule has 0 amide bonds. The molecule has 202 valence electrons. The van der Waals surface area contributed by atoms with E-state index < -0.39 is 5.31 Å². The van der Waals surface area contributed by atoms with Crippen molar-refractivity contribution in [2.75, 3.05) is 11.5 Å². The molecule has 0 atom stereocenters. The minimum absolute atomic E-state index is 1.17. The van der Waals surface area contributed by atoms with E-state index in [0.717, 1.165) is 0 Å². The third-order valence-electron chi connectivity index (χ3n) is 7.85. The standard InChI is InChI=1S/C34H47Br2P/c35-30-22-11-9-7-5-3-1-2-4-6-8-10-12-23-31-37(36,32-24-16-13-17-25-32,33-26-18-14-19-27-33)34-28-20-15-21-29-34/h13-21,24-29H,1-12,22-23,30-31H2. The fraction of sp³-hybridized carbons (Fsp3) is 0.471. The molecule has 3 aromatic carbocycles. The van der Waals surface area contributed by atoms with E-state index in [4.69, 9.17) is 0 Å². The van der Waals surface area contributed by atoms with Crippen LogP contribution in [-0.2, 0) is 0 Å². The summed E-state index contributed by atoms with van der Waals surface area (Å²) >= 11 is 8.11. The number of benzene rings is 3. The molecule has 0 bridgehead atoms. The van der Waals surface area contributed by atoms with Crippen molar-refractivity contribution in [2.24, 2.45) is 0 Å². The zero-order chi connectivity index (χ0) is 26.1. The van der Waals surface area contributed by atoms with E-state index in [0.29, 0.717) is 0 Å². The van der Waals surface area contributed by atoms with Crippen molar-refractivity contribution < 1.29 is 0 Å². The molecule has 0 saturated carbocycles. The van der Waals surface area contributed by atoms with Crippen molar-refractivity contribution in [3.63, 3.8) is 0 Å². The summed E-state index contributed by atoms with van der Waals surface area (Å²) in [4.78, 5) is 0. The Bertz CT molecular complexity index is 875. The van der Waals surface area contributed by atoms with Gasteiger partial charge in [-0.2, -0.15) is 0 Å². The fourth-order valence-electron chi connectivity index (χ4n) is 5.68. The van der Waals surface area contributed by atoms with E-state index in [1.165, 1.54) is 117 Å². The summed E-state index contributed by atoms with van der Waals surface area (Å²) in [6.45, 7) is 0. The van der Waals surface area contributed by atoms with Gasteiger partial charge in [-0.05, 0) is 6.42 Å². The predicted molar refractivity (Wildman–Crippen MR) is 177 cm³/mol. The van der Waals surface area contributed by atoms with Gasteiger partial charge in [0.25, 0.3) is 0 Å². The van der Waals surface area contributed by atoms with Gasteiger partial charge in [-0.3, -0.25) is 0 Å². The van der Waals surface area contributed by atoms with Gasteiger partial charge in [0.2, 0.25) is 0 Å². The maximum atomic E-state index is 4.59. The molecule has 3 aromatic rings. The third kappa shape index (κ3) is 8.78. The van der Waals surface area contributed by atoms with Crippen LogP contribution in [-0.4, -0.2) is 11.5 Å². The molecule has 0 N–H and O–H groups in total. The summed E-state index contributed by atoms with van der Waals surface area (Å²) in [7, 11) is 0. The molecular formula is C34H47Br2P. The predicted octanol–water partition coefficient (Wildman–Crippen LogP) is 10.7. The monoisotopic (exact) mass is 644 g/mol. The van der Waals surface area contributed by atoms with Gasteiger partial charge in [0.1, 0.15) is 0 Å². The van der Waals surface area contributed by atoms with Crippen molar-refractivity contribution >= 4 is 52.6 Å². The van der Waals surface area contributed by atoms with Gasteiger partial charge in [-0.1, -0.05) is 28.8 Å². The molecule has 0 heterocycles. The van der Waals surface area contributed by atoms with E-state index in [9.17, 15) is 0 Å². The molecule has 3 rings (SSSR count). The van der Waals surface area contributed by atoms with Crippen LogP contribution in [0.25, 0.3) is 0 Å². The molecule has 0 aliphatic rings. The van der Waals surface area contributed by atoms with Gasteiger partial charge in [0.15, 0.2) is 0 Å². The van der Waals surface area contributed by atoms with E-state index >= 15 is 0 Å². The SMILES string of the molecule is BrCCCCCCCCCCCCCCCCP(Br)(c1ccccc1)(c1ccccc1)c1ccccc1. The first-order chi connectivity index (χ1) is 18.2. The van der Waals surface area contributed by atoms with Crippen molar-refractivity contribution in [1.82, 2.24) is 0 Å². The van der Waals surface area contributed by atoms with Crippen molar-refractivity contribution in [2.45, 2.75) is 89.9 Å². The zero-order valence-electron chi connectivity index (χ0n) is 22.7. The van der Waals surface area contributed by atoms with Gasteiger partial charge >= 0.3 is 204 Å². The summed E-state index contributed by atoms with van der Waals surface area (Å²) in [5.41, 5.74) is 0. The molecule has 3 heteroatoms. The molecule has 0 saturated heterocycles. The second-order valence-corrected chi connectivity index (χ2v) is 20.4. The Hall–Kier alpha value is -0.950. The van der Waals surface area contributed by atoms with Crippen LogP contribution < -0.4 is 15.9 Å². The fourth-order valence-corrected chi connectivity index (χ4v) is 13.8. The van der Waals surface area contributed by atoms with Crippen LogP contribution in [0.1, 0.15) is 89.9 Å². The van der Waals surface area contributed by atoms with Crippen LogP contribution in [0.15, 0.2) is 91.0 Å². The quantitative estimate of drug-likeness (QED) is 0.0691. The van der Waals surface area contributed by atoms with Gasteiger partial charge in [0, 0.05) is 5.33 Å². The Balaban J connectivity index is 1.51. The number of alkyl halides is 1. The first-order valence-electron chi connectivity index (χ1n) is 14.7. The Kier molecular flexibility index (Phi) is 14.0. The molecular weight excluding hydrogens is 599 g/mol. The number of halogens is 2. The minimum atomic E-state index is -2.73. The average molecular weight is 647 g/mol. The summed E-state index contributed by atoms with van der Waals surface area (Å²) in [6, 6.07) is 33.7. The number of rotatable bonds is 19. The molecule has 0 radical (unpaired) electrons. The number of unbranched alkanes of at least 4 members (excludes halogenated alkanes) is 13. The molecule has 0 aromatic heterocycles. The first-order valence-corrected chi connectivity index (χ1v) is 20.2. The van der Waals surface area contributed by atoms with Crippen LogP contribution in [0.3, 0.4) is 0 Å². The second kappa shape index (κ2) is 16.9. The number of hydrogen-bond acceptors (Lipinski definition) is 0. The average Bonchev–Trinajstić information content (AvgIpc) is 2.96. The van der Waals surface area contributed by atoms with Crippen LogP contribution in [0, 0.1) is 0 Å². The van der Waals surface area contributed by atoms with Gasteiger partial charge in [0.05, 0.1) is 0 Å². The Morgan fingerprint density at radius 1 is 0.378 bits per heavy atom. The van der Waals surface area contributed by atoms with Crippen LogP contribution in [0.4, 0.5) is 0 Å². The third-order valence-corrected chi connectivity index (χ3v) is 18.4. The topological polar surface area (TPSA) is 0 Å². The van der Waals surface area contributed by atoms with Crippen molar-refractivity contribution in [1.29, 1.82) is 0 Å². The normalized spacial score (nSPS) is 12.8. The van der Waals surface area contributed by atoms with E-state index in [-0.39, 0.29) is 0 Å². The van der Waals surface area contributed by atoms with E-state index in [1.807, 2.05) is 0 Å². The maximum absolute atomic E-state index is 4.59. The van der Waals surface area contributed by atoms with Crippen LogP contribution >= 0.6 is 36.7 Å². The van der Waals surface area contributed by atoms with E-state index in [1.54, 1.807) is 0 Å². The molecule has 37 heavy (non-hydrogen) atoms. The molecule has 0 unspecified atom stereocenters. The van der Waals surface area contributed by atoms with Gasteiger partial charge in [-0.15, -0.1) is 0 Å². The van der Waals surface area contributed by atoms with Crippen molar-refractivity contribution in [3.8, 4) is 0 Å². The molecule has 0 nitrogen and oxygen atoms in total. The molecule has 0 aliphatic carbocycles. The zero-order valence-corrected chi connectivity index (χ0v) is 26.7. The van der Waals surface area contributed by atoms with Crippen molar-refractivity contribution in [3.05, 3.63) is 91.0 Å². The Morgan fingerprint density at radius 3 is 0.946 bits per heavy atom. The Morgan fingerprint density at radius 2 is 0.649 bits per heavy atom. The summed E-state index contributed by atoms with van der Waals surface area (Å²) in [6.07, 6.45) is 20.6. The van der Waals surface area contributed by atoms with E-state index in [2.05, 4.69) is 122 Å². The molecule has 0 spiro atoms. The summed E-state index contributed by atoms with van der Waals surface area (Å²) in [5.74, 6) is 0. The van der Waals surface area contributed by atoms with Crippen LogP contribution in [0.5, 0.6) is 0 Å². The molecule has 0 fully saturated rings. The van der Waals surface area contributed by atoms with Crippen LogP contribution in [0.2, 0.25) is 0 Å². The van der Waals surface area contributed by atoms with Gasteiger partial charge < -0.3 is 0 Å². The summed E-state index contributed by atoms with van der Waals surface area (Å²) < 4.78 is 0. The molecule has 0 aliphatic heterocycles. The Labute approximate surface area is 243 Å².